The molecule has 5 rings (SSSR count). The van der Waals surface area contributed by atoms with E-state index in [4.69, 9.17) is 16.3 Å². The number of fused-ring (bicyclic) bond motifs is 1. The minimum atomic E-state index is -0.511. The van der Waals surface area contributed by atoms with E-state index >= 15 is 0 Å². The number of halogens is 2. The van der Waals surface area contributed by atoms with Gasteiger partial charge in [-0.2, -0.15) is 0 Å². The van der Waals surface area contributed by atoms with Crippen molar-refractivity contribution < 1.29 is 19.0 Å². The van der Waals surface area contributed by atoms with Gasteiger partial charge in [0.15, 0.2) is 0 Å². The molecule has 1 amide bonds. The predicted molar refractivity (Wildman–Crippen MR) is 151 cm³/mol. The van der Waals surface area contributed by atoms with E-state index in [1.807, 2.05) is 6.08 Å². The van der Waals surface area contributed by atoms with Gasteiger partial charge in [0, 0.05) is 36.2 Å². The Labute approximate surface area is 232 Å². The number of carbonyl (C=O) groups excluding carboxylic acids is 1. The van der Waals surface area contributed by atoms with Crippen molar-refractivity contribution in [3.63, 3.8) is 0 Å². The summed E-state index contributed by atoms with van der Waals surface area (Å²) >= 11 is 5.96. The number of likely N-dealkylation sites (tertiary alicyclic amines) is 1. The molecule has 2 aromatic carbocycles. The number of aliphatic hydroxyl groups excluding tert-OH is 1. The van der Waals surface area contributed by atoms with Crippen LogP contribution in [-0.2, 0) is 4.79 Å². The van der Waals surface area contributed by atoms with Crippen LogP contribution in [0.5, 0.6) is 5.75 Å². The van der Waals surface area contributed by atoms with E-state index in [9.17, 15) is 14.3 Å². The van der Waals surface area contributed by atoms with Gasteiger partial charge in [0.05, 0.1) is 22.3 Å². The standard InChI is InChI=1S/C29H33ClFN5O3/c30-23-14-19(9-10-24(23)31)34-29-22-16-26(35-28(38)8-5-13-36-11-2-1-3-12-36)27(17-25(22)32-18-33-29)39-21-7-4-6-20(37)15-21/h5,8-10,14,16-18,20-21,37H,1-4,6-7,11-13,15H2,(H,35,38)(H,32,33,34)/b8-5+. The molecular weight excluding hydrogens is 521 g/mol. The van der Waals surface area contributed by atoms with Gasteiger partial charge in [-0.1, -0.05) is 24.1 Å². The number of nitrogens with zero attached hydrogens (tertiary/aromatic N) is 3. The van der Waals surface area contributed by atoms with E-state index in [1.165, 1.54) is 37.7 Å². The Morgan fingerprint density at radius 2 is 2.00 bits per heavy atom. The third-order valence-electron chi connectivity index (χ3n) is 7.15. The second kappa shape index (κ2) is 12.7. The van der Waals surface area contributed by atoms with Crippen molar-refractivity contribution in [1.29, 1.82) is 0 Å². The maximum Gasteiger partial charge on any atom is 0.248 e. The van der Waals surface area contributed by atoms with Crippen LogP contribution in [0.3, 0.4) is 0 Å². The summed E-state index contributed by atoms with van der Waals surface area (Å²) in [5.41, 5.74) is 1.64. The molecule has 2 atom stereocenters. The lowest BCUT2D eigenvalue weighted by Gasteiger charge is -2.27. The van der Waals surface area contributed by atoms with Crippen LogP contribution in [0, 0.1) is 5.82 Å². The summed E-state index contributed by atoms with van der Waals surface area (Å²) < 4.78 is 20.0. The Kier molecular flexibility index (Phi) is 8.91. The van der Waals surface area contributed by atoms with Crippen molar-refractivity contribution >= 4 is 45.6 Å². The van der Waals surface area contributed by atoms with Crippen LogP contribution in [0.1, 0.15) is 44.9 Å². The fraction of sp³-hybridized carbons (Fsp3) is 0.414. The van der Waals surface area contributed by atoms with Crippen LogP contribution >= 0.6 is 11.6 Å². The van der Waals surface area contributed by atoms with E-state index in [0.717, 1.165) is 38.9 Å². The fourth-order valence-corrected chi connectivity index (χ4v) is 5.30. The molecule has 2 unspecified atom stereocenters. The molecule has 0 radical (unpaired) electrons. The van der Waals surface area contributed by atoms with Gasteiger partial charge in [-0.05, 0) is 69.5 Å². The predicted octanol–water partition coefficient (Wildman–Crippen LogP) is 5.83. The lowest BCUT2D eigenvalue weighted by atomic mass is 9.95. The van der Waals surface area contributed by atoms with Gasteiger partial charge in [0.2, 0.25) is 5.91 Å². The van der Waals surface area contributed by atoms with E-state index < -0.39 is 11.9 Å². The highest BCUT2D eigenvalue weighted by molar-refractivity contribution is 6.31. The van der Waals surface area contributed by atoms with Crippen LogP contribution in [-0.4, -0.2) is 57.7 Å². The molecule has 1 saturated carbocycles. The molecule has 1 aliphatic carbocycles. The topological polar surface area (TPSA) is 99.6 Å². The number of amides is 1. The molecule has 3 aromatic rings. The maximum absolute atomic E-state index is 13.7. The number of hydrogen-bond acceptors (Lipinski definition) is 7. The summed E-state index contributed by atoms with van der Waals surface area (Å²) in [6.07, 6.45) is 10.9. The zero-order valence-electron chi connectivity index (χ0n) is 21.7. The quantitative estimate of drug-likeness (QED) is 0.302. The van der Waals surface area contributed by atoms with Gasteiger partial charge in [0.1, 0.15) is 29.8 Å². The van der Waals surface area contributed by atoms with Crippen molar-refractivity contribution in [3.05, 3.63) is 59.7 Å². The highest BCUT2D eigenvalue weighted by atomic mass is 35.5. The third kappa shape index (κ3) is 7.23. The number of aliphatic hydroxyl groups is 1. The maximum atomic E-state index is 13.7. The number of anilines is 3. The minimum Gasteiger partial charge on any atom is -0.488 e. The summed E-state index contributed by atoms with van der Waals surface area (Å²) in [5, 5.41) is 16.9. The van der Waals surface area contributed by atoms with Crippen molar-refractivity contribution in [2.75, 3.05) is 30.3 Å². The van der Waals surface area contributed by atoms with Crippen LogP contribution < -0.4 is 15.4 Å². The molecule has 39 heavy (non-hydrogen) atoms. The first-order chi connectivity index (χ1) is 18.9. The van der Waals surface area contributed by atoms with Crippen LogP contribution in [0.4, 0.5) is 21.6 Å². The third-order valence-corrected chi connectivity index (χ3v) is 7.44. The first-order valence-corrected chi connectivity index (χ1v) is 13.9. The fourth-order valence-electron chi connectivity index (χ4n) is 5.12. The molecule has 0 bridgehead atoms. The van der Waals surface area contributed by atoms with Crippen molar-refractivity contribution in [2.24, 2.45) is 0 Å². The normalized spacial score (nSPS) is 20.3. The van der Waals surface area contributed by atoms with Gasteiger partial charge in [-0.15, -0.1) is 0 Å². The lowest BCUT2D eigenvalue weighted by Crippen LogP contribution is -2.29. The number of hydrogen-bond donors (Lipinski definition) is 3. The summed E-state index contributed by atoms with van der Waals surface area (Å²) in [6.45, 7) is 2.84. The number of nitrogens with one attached hydrogen (secondary N) is 2. The smallest absolute Gasteiger partial charge is 0.248 e. The van der Waals surface area contributed by atoms with E-state index in [1.54, 1.807) is 24.3 Å². The zero-order valence-corrected chi connectivity index (χ0v) is 22.5. The molecule has 1 saturated heterocycles. The average Bonchev–Trinajstić information content (AvgIpc) is 2.92. The van der Waals surface area contributed by atoms with Gasteiger partial charge in [-0.25, -0.2) is 14.4 Å². The van der Waals surface area contributed by atoms with E-state index in [2.05, 4.69) is 25.5 Å². The molecule has 2 heterocycles. The monoisotopic (exact) mass is 553 g/mol. The SMILES string of the molecule is O=C(/C=C/CN1CCCCC1)Nc1cc2c(Nc3ccc(F)c(Cl)c3)ncnc2cc1OC1CCCC(O)C1. The van der Waals surface area contributed by atoms with Crippen LogP contribution in [0.2, 0.25) is 5.02 Å². The summed E-state index contributed by atoms with van der Waals surface area (Å²) in [4.78, 5) is 24.0. The molecule has 206 valence electrons. The summed E-state index contributed by atoms with van der Waals surface area (Å²) in [6, 6.07) is 7.87. The molecular formula is C29H33ClFN5O3. The molecule has 1 aromatic heterocycles. The molecule has 0 spiro atoms. The molecule has 2 fully saturated rings. The lowest BCUT2D eigenvalue weighted by molar-refractivity contribution is -0.112. The molecule has 1 aliphatic heterocycles. The Bertz CT molecular complexity index is 1350. The number of aromatic nitrogens is 2. The minimum absolute atomic E-state index is 0.00647. The zero-order chi connectivity index (χ0) is 27.2. The average molecular weight is 554 g/mol. The highest BCUT2D eigenvalue weighted by Crippen LogP contribution is 2.36. The van der Waals surface area contributed by atoms with Crippen LogP contribution in [0.25, 0.3) is 10.9 Å². The van der Waals surface area contributed by atoms with Gasteiger partial charge < -0.3 is 20.5 Å². The highest BCUT2D eigenvalue weighted by Gasteiger charge is 2.23. The second-order valence-electron chi connectivity index (χ2n) is 10.2. The summed E-state index contributed by atoms with van der Waals surface area (Å²) in [5.74, 6) is 0.173. The van der Waals surface area contributed by atoms with Crippen molar-refractivity contribution in [3.8, 4) is 5.75 Å². The number of piperidine rings is 1. The first kappa shape index (κ1) is 27.3. The van der Waals surface area contributed by atoms with E-state index in [-0.39, 0.29) is 17.0 Å². The molecule has 3 N–H and O–H groups in total. The Balaban J connectivity index is 1.41. The van der Waals surface area contributed by atoms with Crippen molar-refractivity contribution in [2.45, 2.75) is 57.2 Å². The molecule has 2 aliphatic rings. The largest absolute Gasteiger partial charge is 0.488 e. The second-order valence-corrected chi connectivity index (χ2v) is 10.6. The van der Waals surface area contributed by atoms with Crippen molar-refractivity contribution in [1.82, 2.24) is 14.9 Å². The number of benzene rings is 2. The first-order valence-electron chi connectivity index (χ1n) is 13.5. The van der Waals surface area contributed by atoms with Gasteiger partial charge in [0.25, 0.3) is 0 Å². The number of carbonyl (C=O) groups is 1. The molecule has 10 heteroatoms. The Morgan fingerprint density at radius 1 is 1.15 bits per heavy atom. The van der Waals surface area contributed by atoms with Gasteiger partial charge >= 0.3 is 0 Å². The van der Waals surface area contributed by atoms with Gasteiger partial charge in [-0.3, -0.25) is 9.69 Å². The number of rotatable bonds is 8. The Morgan fingerprint density at radius 3 is 2.79 bits per heavy atom. The number of ether oxygens (including phenoxy) is 1. The summed E-state index contributed by atoms with van der Waals surface area (Å²) in [7, 11) is 0. The Hall–Kier alpha value is -3.27. The van der Waals surface area contributed by atoms with Crippen LogP contribution in [0.15, 0.2) is 48.8 Å². The van der Waals surface area contributed by atoms with E-state index in [0.29, 0.717) is 40.3 Å². The molecule has 8 nitrogen and oxygen atoms in total.